The zero-order valence-corrected chi connectivity index (χ0v) is 20.1. The second kappa shape index (κ2) is 12.2. The van der Waals surface area contributed by atoms with Crippen LogP contribution in [0.15, 0.2) is 36.4 Å². The van der Waals surface area contributed by atoms with Gasteiger partial charge in [-0.05, 0) is 74.4 Å². The highest BCUT2D eigenvalue weighted by Crippen LogP contribution is 2.31. The molecule has 184 valence electrons. The molecule has 8 heteroatoms. The van der Waals surface area contributed by atoms with Gasteiger partial charge in [-0.25, -0.2) is 9.59 Å². The van der Waals surface area contributed by atoms with E-state index in [0.29, 0.717) is 46.6 Å². The summed E-state index contributed by atoms with van der Waals surface area (Å²) in [6.07, 6.45) is 4.05. The molecule has 0 amide bonds. The Balaban J connectivity index is 1.41. The van der Waals surface area contributed by atoms with Crippen LogP contribution in [0.4, 0.5) is 0 Å². The summed E-state index contributed by atoms with van der Waals surface area (Å²) in [6.45, 7) is 0.341. The normalized spacial score (nSPS) is 17.4. The fourth-order valence-corrected chi connectivity index (χ4v) is 4.09. The van der Waals surface area contributed by atoms with Crippen molar-refractivity contribution in [3.05, 3.63) is 47.5 Å². The number of carbonyl (C=O) groups excluding carboxylic acids is 2. The predicted octanol–water partition coefficient (Wildman–Crippen LogP) is 4.68. The van der Waals surface area contributed by atoms with Crippen molar-refractivity contribution in [2.24, 2.45) is 5.92 Å². The van der Waals surface area contributed by atoms with E-state index in [4.69, 9.17) is 28.4 Å². The smallest absolute Gasteiger partial charge is 0.338 e. The fraction of sp³-hybridized carbons (Fsp3) is 0.462. The Morgan fingerprint density at radius 2 is 1.21 bits per heavy atom. The molecular formula is C26H32O8. The average Bonchev–Trinajstić information content (AvgIpc) is 2.88. The molecule has 0 saturated heterocycles. The third kappa shape index (κ3) is 6.34. The van der Waals surface area contributed by atoms with E-state index in [9.17, 15) is 9.59 Å². The Morgan fingerprint density at radius 3 is 1.71 bits per heavy atom. The van der Waals surface area contributed by atoms with Crippen LogP contribution in [0.3, 0.4) is 0 Å². The standard InChI is InChI=1S/C26H32O8/c1-29-21-11-7-18(15-23(21)31-3)25(27)33-14-13-17-5-9-20(10-6-17)34-26(28)19-8-12-22(30-2)24(16-19)32-4/h7-8,11-12,15-17,20H,5-6,9-10,13-14H2,1-4H3. The van der Waals surface area contributed by atoms with Gasteiger partial charge in [0.05, 0.1) is 46.2 Å². The predicted molar refractivity (Wildman–Crippen MR) is 125 cm³/mol. The second-order valence-electron chi connectivity index (χ2n) is 8.11. The zero-order valence-electron chi connectivity index (χ0n) is 20.1. The first-order chi connectivity index (χ1) is 16.5. The lowest BCUT2D eigenvalue weighted by Crippen LogP contribution is -2.25. The molecule has 0 unspecified atom stereocenters. The molecule has 0 radical (unpaired) electrons. The lowest BCUT2D eigenvalue weighted by molar-refractivity contribution is 0.0138. The Kier molecular flexibility index (Phi) is 9.01. The van der Waals surface area contributed by atoms with E-state index in [0.717, 1.165) is 32.1 Å². The molecule has 1 aliphatic carbocycles. The molecule has 8 nitrogen and oxygen atoms in total. The summed E-state index contributed by atoms with van der Waals surface area (Å²) in [4.78, 5) is 24.9. The Morgan fingerprint density at radius 1 is 0.706 bits per heavy atom. The van der Waals surface area contributed by atoms with Crippen molar-refractivity contribution in [3.63, 3.8) is 0 Å². The molecule has 3 rings (SSSR count). The van der Waals surface area contributed by atoms with Gasteiger partial charge in [-0.3, -0.25) is 0 Å². The van der Waals surface area contributed by atoms with Crippen LogP contribution in [0.25, 0.3) is 0 Å². The summed E-state index contributed by atoms with van der Waals surface area (Å²) in [5, 5.41) is 0. The number of hydrogen-bond acceptors (Lipinski definition) is 8. The molecule has 0 atom stereocenters. The molecule has 0 heterocycles. The summed E-state index contributed by atoms with van der Waals surface area (Å²) in [6, 6.07) is 9.93. The van der Waals surface area contributed by atoms with Crippen LogP contribution in [0.1, 0.15) is 52.8 Å². The van der Waals surface area contributed by atoms with Gasteiger partial charge in [0.25, 0.3) is 0 Å². The van der Waals surface area contributed by atoms with Gasteiger partial charge < -0.3 is 28.4 Å². The largest absolute Gasteiger partial charge is 0.493 e. The number of methoxy groups -OCH3 is 4. The Bertz CT molecular complexity index is 979. The van der Waals surface area contributed by atoms with Crippen LogP contribution in [0.2, 0.25) is 0 Å². The van der Waals surface area contributed by atoms with Gasteiger partial charge in [-0.15, -0.1) is 0 Å². The number of hydrogen-bond donors (Lipinski definition) is 0. The van der Waals surface area contributed by atoms with E-state index in [1.165, 1.54) is 14.2 Å². The molecular weight excluding hydrogens is 440 g/mol. The molecule has 2 aromatic rings. The molecule has 2 aromatic carbocycles. The van der Waals surface area contributed by atoms with Crippen LogP contribution in [0, 0.1) is 5.92 Å². The van der Waals surface area contributed by atoms with Crippen molar-refractivity contribution in [1.82, 2.24) is 0 Å². The maximum absolute atomic E-state index is 12.5. The first kappa shape index (κ1) is 25.2. The third-order valence-electron chi connectivity index (χ3n) is 6.07. The van der Waals surface area contributed by atoms with Crippen LogP contribution < -0.4 is 18.9 Å². The topological polar surface area (TPSA) is 89.5 Å². The zero-order chi connectivity index (χ0) is 24.5. The van der Waals surface area contributed by atoms with E-state index in [1.807, 2.05) is 0 Å². The van der Waals surface area contributed by atoms with Crippen LogP contribution >= 0.6 is 0 Å². The van der Waals surface area contributed by atoms with E-state index in [1.54, 1.807) is 50.6 Å². The minimum atomic E-state index is -0.390. The number of benzene rings is 2. The molecule has 0 aromatic heterocycles. The van der Waals surface area contributed by atoms with Gasteiger partial charge in [0.2, 0.25) is 0 Å². The quantitative estimate of drug-likeness (QED) is 0.461. The number of rotatable bonds is 10. The van der Waals surface area contributed by atoms with Crippen molar-refractivity contribution in [3.8, 4) is 23.0 Å². The molecule has 1 aliphatic rings. The van der Waals surface area contributed by atoms with Gasteiger partial charge in [0.1, 0.15) is 6.10 Å². The lowest BCUT2D eigenvalue weighted by Gasteiger charge is -2.28. The summed E-state index contributed by atoms with van der Waals surface area (Å²) in [5.74, 6) is 1.76. The molecule has 0 bridgehead atoms. The Hall–Kier alpha value is -3.42. The van der Waals surface area contributed by atoms with Crippen molar-refractivity contribution >= 4 is 11.9 Å². The molecule has 0 spiro atoms. The van der Waals surface area contributed by atoms with Crippen molar-refractivity contribution in [1.29, 1.82) is 0 Å². The lowest BCUT2D eigenvalue weighted by atomic mass is 9.85. The second-order valence-corrected chi connectivity index (χ2v) is 8.11. The van der Waals surface area contributed by atoms with E-state index < -0.39 is 5.97 Å². The Labute approximate surface area is 200 Å². The molecule has 34 heavy (non-hydrogen) atoms. The average molecular weight is 473 g/mol. The van der Waals surface area contributed by atoms with Gasteiger partial charge >= 0.3 is 11.9 Å². The molecule has 1 saturated carbocycles. The number of esters is 2. The first-order valence-corrected chi connectivity index (χ1v) is 11.3. The third-order valence-corrected chi connectivity index (χ3v) is 6.07. The maximum Gasteiger partial charge on any atom is 0.338 e. The van der Waals surface area contributed by atoms with Crippen molar-refractivity contribution in [2.75, 3.05) is 35.0 Å². The van der Waals surface area contributed by atoms with E-state index in [-0.39, 0.29) is 12.1 Å². The van der Waals surface area contributed by atoms with Crippen molar-refractivity contribution in [2.45, 2.75) is 38.2 Å². The summed E-state index contributed by atoms with van der Waals surface area (Å²) in [7, 11) is 6.14. The summed E-state index contributed by atoms with van der Waals surface area (Å²) in [5.41, 5.74) is 0.852. The molecule has 0 N–H and O–H groups in total. The first-order valence-electron chi connectivity index (χ1n) is 11.3. The highest BCUT2D eigenvalue weighted by Gasteiger charge is 2.25. The maximum atomic E-state index is 12.5. The van der Waals surface area contributed by atoms with Crippen LogP contribution in [-0.2, 0) is 9.47 Å². The van der Waals surface area contributed by atoms with E-state index >= 15 is 0 Å². The molecule has 0 aliphatic heterocycles. The van der Waals surface area contributed by atoms with Crippen LogP contribution in [-0.4, -0.2) is 53.1 Å². The van der Waals surface area contributed by atoms with Crippen molar-refractivity contribution < 1.29 is 38.0 Å². The number of ether oxygens (including phenoxy) is 6. The van der Waals surface area contributed by atoms with Gasteiger partial charge in [-0.1, -0.05) is 0 Å². The summed E-state index contributed by atoms with van der Waals surface area (Å²) < 4.78 is 32.0. The van der Waals surface area contributed by atoms with Gasteiger partial charge in [0, 0.05) is 0 Å². The van der Waals surface area contributed by atoms with Gasteiger partial charge in [0.15, 0.2) is 23.0 Å². The van der Waals surface area contributed by atoms with E-state index in [2.05, 4.69) is 0 Å². The minimum Gasteiger partial charge on any atom is -0.493 e. The monoisotopic (exact) mass is 472 g/mol. The highest BCUT2D eigenvalue weighted by atomic mass is 16.5. The highest BCUT2D eigenvalue weighted by molar-refractivity contribution is 5.90. The van der Waals surface area contributed by atoms with Gasteiger partial charge in [-0.2, -0.15) is 0 Å². The molecule has 1 fully saturated rings. The minimum absolute atomic E-state index is 0.119. The number of carbonyl (C=O) groups is 2. The fourth-order valence-electron chi connectivity index (χ4n) is 4.09. The SMILES string of the molecule is COc1ccc(C(=O)OCCC2CCC(OC(=O)c3ccc(OC)c(OC)c3)CC2)cc1OC. The van der Waals surface area contributed by atoms with Crippen LogP contribution in [0.5, 0.6) is 23.0 Å². The summed E-state index contributed by atoms with van der Waals surface area (Å²) >= 11 is 0.